The van der Waals surface area contributed by atoms with Crippen molar-refractivity contribution >= 4 is 33.8 Å². The number of ether oxygens (including phenoxy) is 1. The van der Waals surface area contributed by atoms with E-state index < -0.39 is 0 Å². The van der Waals surface area contributed by atoms with E-state index in [2.05, 4.69) is 41.2 Å². The van der Waals surface area contributed by atoms with Crippen LogP contribution in [0.5, 0.6) is 5.75 Å². The lowest BCUT2D eigenvalue weighted by atomic mass is 10.2. The van der Waals surface area contributed by atoms with Crippen LogP contribution in [0.2, 0.25) is 5.02 Å². The fourth-order valence-corrected chi connectivity index (χ4v) is 4.28. The van der Waals surface area contributed by atoms with Crippen LogP contribution in [0.3, 0.4) is 0 Å². The summed E-state index contributed by atoms with van der Waals surface area (Å²) in [6.07, 6.45) is 0. The molecular weight excluding hydrogens is 402 g/mol. The van der Waals surface area contributed by atoms with Gasteiger partial charge in [-0.15, -0.1) is 11.3 Å². The van der Waals surface area contributed by atoms with Crippen molar-refractivity contribution in [3.63, 3.8) is 0 Å². The summed E-state index contributed by atoms with van der Waals surface area (Å²) in [6.45, 7) is 5.00. The van der Waals surface area contributed by atoms with Crippen molar-refractivity contribution in [3.05, 3.63) is 82.0 Å². The zero-order valence-electron chi connectivity index (χ0n) is 16.6. The molecule has 1 N–H and O–H groups in total. The molecule has 4 aromatic rings. The van der Waals surface area contributed by atoms with E-state index in [0.717, 1.165) is 45.0 Å². The molecule has 4 rings (SSSR count). The standard InChI is InChI=1S/C23H22ClN3OS/c1-15-12-20(16(2)27(15)13-17-6-4-5-7-21(17)24)22-14-29-23(26-22)25-18-8-10-19(28-3)11-9-18/h4-12,14H,13H2,1-3H3,(H,25,26). The molecule has 0 aliphatic carbocycles. The highest BCUT2D eigenvalue weighted by molar-refractivity contribution is 7.14. The Kier molecular flexibility index (Phi) is 5.60. The average Bonchev–Trinajstić information content (AvgIpc) is 3.29. The molecule has 29 heavy (non-hydrogen) atoms. The van der Waals surface area contributed by atoms with Crippen LogP contribution in [0, 0.1) is 13.8 Å². The van der Waals surface area contributed by atoms with Gasteiger partial charge in [-0.25, -0.2) is 4.98 Å². The number of nitrogens with one attached hydrogen (secondary N) is 1. The number of hydrogen-bond donors (Lipinski definition) is 1. The normalized spacial score (nSPS) is 10.9. The number of thiazole rings is 1. The highest BCUT2D eigenvalue weighted by atomic mass is 35.5. The minimum absolute atomic E-state index is 0.748. The first-order valence-corrected chi connectivity index (χ1v) is 10.6. The van der Waals surface area contributed by atoms with E-state index in [4.69, 9.17) is 21.3 Å². The first-order chi connectivity index (χ1) is 14.0. The van der Waals surface area contributed by atoms with Crippen molar-refractivity contribution < 1.29 is 4.74 Å². The number of aryl methyl sites for hydroxylation is 1. The lowest BCUT2D eigenvalue weighted by molar-refractivity contribution is 0.415. The summed E-state index contributed by atoms with van der Waals surface area (Å²) in [7, 11) is 1.66. The highest BCUT2D eigenvalue weighted by Gasteiger charge is 2.15. The molecule has 6 heteroatoms. The highest BCUT2D eigenvalue weighted by Crippen LogP contribution is 2.32. The third-order valence-electron chi connectivity index (χ3n) is 4.98. The Morgan fingerprint density at radius 2 is 1.86 bits per heavy atom. The van der Waals surface area contributed by atoms with Crippen molar-refractivity contribution in [1.82, 2.24) is 9.55 Å². The Morgan fingerprint density at radius 3 is 2.59 bits per heavy atom. The molecule has 0 fully saturated rings. The van der Waals surface area contributed by atoms with Crippen LogP contribution in [0.15, 0.2) is 60.0 Å². The van der Waals surface area contributed by atoms with Gasteiger partial charge < -0.3 is 14.6 Å². The van der Waals surface area contributed by atoms with Crippen molar-refractivity contribution in [2.75, 3.05) is 12.4 Å². The van der Waals surface area contributed by atoms with E-state index in [1.54, 1.807) is 18.4 Å². The Balaban J connectivity index is 1.57. The maximum atomic E-state index is 6.36. The molecule has 0 aliphatic rings. The van der Waals surface area contributed by atoms with Gasteiger partial charge in [0.25, 0.3) is 0 Å². The molecular formula is C23H22ClN3OS. The average molecular weight is 424 g/mol. The van der Waals surface area contributed by atoms with Crippen LogP contribution in [-0.2, 0) is 6.54 Å². The van der Waals surface area contributed by atoms with Gasteiger partial charge in [0, 0.05) is 39.6 Å². The predicted molar refractivity (Wildman–Crippen MR) is 122 cm³/mol. The van der Waals surface area contributed by atoms with Gasteiger partial charge in [-0.1, -0.05) is 29.8 Å². The number of hydrogen-bond acceptors (Lipinski definition) is 4. The number of halogens is 1. The predicted octanol–water partition coefficient (Wildman–Crippen LogP) is 6.68. The molecule has 0 spiro atoms. The largest absolute Gasteiger partial charge is 0.497 e. The maximum Gasteiger partial charge on any atom is 0.187 e. The Labute approximate surface area is 179 Å². The number of aromatic nitrogens is 2. The lowest BCUT2D eigenvalue weighted by Gasteiger charge is -2.11. The summed E-state index contributed by atoms with van der Waals surface area (Å²) >= 11 is 7.96. The van der Waals surface area contributed by atoms with E-state index in [1.165, 1.54) is 11.4 Å². The van der Waals surface area contributed by atoms with Gasteiger partial charge in [-0.2, -0.15) is 0 Å². The fourth-order valence-electron chi connectivity index (χ4n) is 3.35. The SMILES string of the molecule is COc1ccc(Nc2nc(-c3cc(C)n(Cc4ccccc4Cl)c3C)cs2)cc1. The van der Waals surface area contributed by atoms with Crippen molar-refractivity contribution in [2.24, 2.45) is 0 Å². The van der Waals surface area contributed by atoms with E-state index in [9.17, 15) is 0 Å². The molecule has 0 atom stereocenters. The molecule has 4 nitrogen and oxygen atoms in total. The van der Waals surface area contributed by atoms with Crippen molar-refractivity contribution in [2.45, 2.75) is 20.4 Å². The van der Waals surface area contributed by atoms with E-state index in [1.807, 2.05) is 42.5 Å². The van der Waals surface area contributed by atoms with E-state index in [0.29, 0.717) is 0 Å². The van der Waals surface area contributed by atoms with Crippen molar-refractivity contribution in [1.29, 1.82) is 0 Å². The zero-order valence-corrected chi connectivity index (χ0v) is 18.1. The monoisotopic (exact) mass is 423 g/mol. The van der Waals surface area contributed by atoms with Crippen LogP contribution in [0.1, 0.15) is 17.0 Å². The summed E-state index contributed by atoms with van der Waals surface area (Å²) in [5.74, 6) is 0.835. The summed E-state index contributed by atoms with van der Waals surface area (Å²) in [5, 5.41) is 7.11. The smallest absolute Gasteiger partial charge is 0.187 e. The fraction of sp³-hybridized carbons (Fsp3) is 0.174. The number of rotatable bonds is 6. The number of methoxy groups -OCH3 is 1. The van der Waals surface area contributed by atoms with Crippen LogP contribution >= 0.6 is 22.9 Å². The van der Waals surface area contributed by atoms with Gasteiger partial charge in [0.1, 0.15) is 5.75 Å². The molecule has 0 bridgehead atoms. The number of nitrogens with zero attached hydrogens (tertiary/aromatic N) is 2. The van der Waals surface area contributed by atoms with Gasteiger partial charge in [-0.3, -0.25) is 0 Å². The Bertz CT molecular complexity index is 1130. The minimum Gasteiger partial charge on any atom is -0.497 e. The maximum absolute atomic E-state index is 6.36. The molecule has 2 heterocycles. The van der Waals surface area contributed by atoms with Crippen LogP contribution in [0.4, 0.5) is 10.8 Å². The van der Waals surface area contributed by atoms with Gasteiger partial charge in [0.2, 0.25) is 0 Å². The second-order valence-electron chi connectivity index (χ2n) is 6.85. The second kappa shape index (κ2) is 8.31. The topological polar surface area (TPSA) is 39.1 Å². The van der Waals surface area contributed by atoms with Crippen LogP contribution in [-0.4, -0.2) is 16.7 Å². The second-order valence-corrected chi connectivity index (χ2v) is 8.12. The number of anilines is 2. The number of benzene rings is 2. The molecule has 0 unspecified atom stereocenters. The van der Waals surface area contributed by atoms with Gasteiger partial charge >= 0.3 is 0 Å². The molecule has 2 aromatic carbocycles. The van der Waals surface area contributed by atoms with Crippen LogP contribution in [0.25, 0.3) is 11.3 Å². The summed E-state index contributed by atoms with van der Waals surface area (Å²) in [4.78, 5) is 4.79. The molecule has 0 saturated heterocycles. The molecule has 0 aliphatic heterocycles. The zero-order chi connectivity index (χ0) is 20.4. The Hall–Kier alpha value is -2.76. The Morgan fingerprint density at radius 1 is 1.10 bits per heavy atom. The molecule has 0 saturated carbocycles. The third kappa shape index (κ3) is 4.16. The van der Waals surface area contributed by atoms with Crippen LogP contribution < -0.4 is 10.1 Å². The quantitative estimate of drug-likeness (QED) is 0.375. The first-order valence-electron chi connectivity index (χ1n) is 9.32. The third-order valence-corrected chi connectivity index (χ3v) is 6.11. The summed E-state index contributed by atoms with van der Waals surface area (Å²) in [6, 6.07) is 18.0. The van der Waals surface area contributed by atoms with E-state index >= 15 is 0 Å². The first kappa shape index (κ1) is 19.6. The van der Waals surface area contributed by atoms with Gasteiger partial charge in [0.15, 0.2) is 5.13 Å². The molecule has 0 amide bonds. The van der Waals surface area contributed by atoms with Crippen molar-refractivity contribution in [3.8, 4) is 17.0 Å². The van der Waals surface area contributed by atoms with E-state index in [-0.39, 0.29) is 0 Å². The van der Waals surface area contributed by atoms with Gasteiger partial charge in [0.05, 0.1) is 12.8 Å². The molecule has 2 aromatic heterocycles. The molecule has 0 radical (unpaired) electrons. The minimum atomic E-state index is 0.748. The lowest BCUT2D eigenvalue weighted by Crippen LogP contribution is -2.04. The molecule has 148 valence electrons. The summed E-state index contributed by atoms with van der Waals surface area (Å²) in [5.41, 5.74) is 6.59. The van der Waals surface area contributed by atoms with Gasteiger partial charge in [-0.05, 0) is 55.8 Å². The summed E-state index contributed by atoms with van der Waals surface area (Å²) < 4.78 is 7.49.